The lowest BCUT2D eigenvalue weighted by molar-refractivity contribution is 0.132. The molecule has 2 heterocycles. The molecule has 2 aromatic carbocycles. The first-order valence-corrected chi connectivity index (χ1v) is 12.6. The molecule has 0 amide bonds. The molecule has 0 N–H and O–H groups in total. The minimum absolute atomic E-state index is 0.701. The predicted molar refractivity (Wildman–Crippen MR) is 135 cm³/mol. The highest BCUT2D eigenvalue weighted by Crippen LogP contribution is 2.29. The Morgan fingerprint density at radius 3 is 2.55 bits per heavy atom. The molecule has 0 saturated carbocycles. The van der Waals surface area contributed by atoms with E-state index in [-0.39, 0.29) is 0 Å². The fourth-order valence-corrected chi connectivity index (χ4v) is 5.55. The van der Waals surface area contributed by atoms with Gasteiger partial charge in [0.05, 0.1) is 0 Å². The molecule has 0 radical (unpaired) electrons. The first-order chi connectivity index (χ1) is 15.3. The number of rotatable bonds is 8. The number of hydrogen-bond acceptors (Lipinski definition) is 2. The first kappa shape index (κ1) is 22.1. The van der Waals surface area contributed by atoms with Gasteiger partial charge in [-0.1, -0.05) is 62.4 Å². The third-order valence-corrected chi connectivity index (χ3v) is 7.39. The molecule has 1 unspecified atom stereocenters. The van der Waals surface area contributed by atoms with Crippen LogP contribution in [0.25, 0.3) is 6.08 Å². The lowest BCUT2D eigenvalue weighted by Crippen LogP contribution is -2.40. The molecule has 0 aliphatic carbocycles. The van der Waals surface area contributed by atoms with E-state index in [9.17, 15) is 0 Å². The molecule has 2 heteroatoms. The van der Waals surface area contributed by atoms with Gasteiger partial charge in [0.25, 0.3) is 0 Å². The Kier molecular flexibility index (Phi) is 7.86. The molecule has 2 saturated heterocycles. The minimum Gasteiger partial charge on any atom is -0.371 e. The number of likely N-dealkylation sites (tertiary alicyclic amines) is 1. The summed E-state index contributed by atoms with van der Waals surface area (Å²) in [4.78, 5) is 5.41. The zero-order chi connectivity index (χ0) is 21.5. The monoisotopic (exact) mass is 416 g/mol. The molecular weight excluding hydrogens is 376 g/mol. The fourth-order valence-electron chi connectivity index (χ4n) is 5.55. The van der Waals surface area contributed by atoms with Gasteiger partial charge in [0.15, 0.2) is 0 Å². The van der Waals surface area contributed by atoms with Crippen molar-refractivity contribution in [1.82, 2.24) is 4.90 Å². The fraction of sp³-hybridized carbons (Fsp3) is 0.517. The molecule has 0 spiro atoms. The maximum Gasteiger partial charge on any atom is 0.0411 e. The summed E-state index contributed by atoms with van der Waals surface area (Å²) in [6, 6.07) is 16.9. The second-order valence-corrected chi connectivity index (χ2v) is 9.43. The Bertz CT molecular complexity index is 850. The van der Waals surface area contributed by atoms with Gasteiger partial charge in [0.2, 0.25) is 0 Å². The summed E-state index contributed by atoms with van der Waals surface area (Å²) in [6.07, 6.45) is 13.7. The molecule has 2 aromatic rings. The standard InChI is InChI=1S/C29H40N2/c1-3-25-17-15-24(22-26(25)4-2)16-18-28-13-8-11-21-31(28)23-27-12-6-7-14-29(27)30-19-9-5-10-20-30/h3,6-7,12,14-15,17,22,28H,1,4-5,8-11,13,16,18-21,23H2,2H3. The van der Waals surface area contributed by atoms with Gasteiger partial charge in [-0.2, -0.15) is 0 Å². The van der Waals surface area contributed by atoms with Crippen LogP contribution in [0, 0.1) is 0 Å². The molecular formula is C29H40N2. The van der Waals surface area contributed by atoms with Crippen molar-refractivity contribution in [2.45, 2.75) is 77.3 Å². The zero-order valence-corrected chi connectivity index (χ0v) is 19.5. The van der Waals surface area contributed by atoms with Crippen molar-refractivity contribution in [2.75, 3.05) is 24.5 Å². The molecule has 0 aromatic heterocycles. The van der Waals surface area contributed by atoms with Crippen molar-refractivity contribution in [3.8, 4) is 0 Å². The lowest BCUT2D eigenvalue weighted by atomic mass is 9.93. The Labute approximate surface area is 190 Å². The van der Waals surface area contributed by atoms with Crippen molar-refractivity contribution < 1.29 is 0 Å². The summed E-state index contributed by atoms with van der Waals surface area (Å²) < 4.78 is 0. The number of nitrogens with zero attached hydrogens (tertiary/aromatic N) is 2. The van der Waals surface area contributed by atoms with Crippen LogP contribution in [0.15, 0.2) is 49.0 Å². The van der Waals surface area contributed by atoms with Gasteiger partial charge in [-0.25, -0.2) is 0 Å². The number of aryl methyl sites for hydroxylation is 2. The van der Waals surface area contributed by atoms with Crippen LogP contribution in [0.1, 0.15) is 74.1 Å². The van der Waals surface area contributed by atoms with Crippen molar-refractivity contribution in [3.05, 3.63) is 71.3 Å². The van der Waals surface area contributed by atoms with E-state index in [4.69, 9.17) is 0 Å². The van der Waals surface area contributed by atoms with E-state index in [0.717, 1.165) is 13.0 Å². The van der Waals surface area contributed by atoms with Gasteiger partial charge in [-0.15, -0.1) is 0 Å². The van der Waals surface area contributed by atoms with Gasteiger partial charge in [-0.05, 0) is 86.2 Å². The average molecular weight is 417 g/mol. The van der Waals surface area contributed by atoms with Crippen LogP contribution in [0.5, 0.6) is 0 Å². The number of hydrogen-bond donors (Lipinski definition) is 0. The molecule has 2 nitrogen and oxygen atoms in total. The topological polar surface area (TPSA) is 6.48 Å². The van der Waals surface area contributed by atoms with E-state index in [2.05, 4.69) is 65.8 Å². The summed E-state index contributed by atoms with van der Waals surface area (Å²) in [5.74, 6) is 0. The van der Waals surface area contributed by atoms with Crippen molar-refractivity contribution in [1.29, 1.82) is 0 Å². The van der Waals surface area contributed by atoms with Crippen LogP contribution < -0.4 is 4.90 Å². The maximum absolute atomic E-state index is 3.97. The van der Waals surface area contributed by atoms with Crippen LogP contribution in [-0.2, 0) is 19.4 Å². The molecule has 166 valence electrons. The van der Waals surface area contributed by atoms with E-state index in [1.165, 1.54) is 98.9 Å². The van der Waals surface area contributed by atoms with Crippen LogP contribution in [0.3, 0.4) is 0 Å². The van der Waals surface area contributed by atoms with E-state index >= 15 is 0 Å². The second kappa shape index (κ2) is 11.0. The number of anilines is 1. The van der Waals surface area contributed by atoms with Crippen LogP contribution >= 0.6 is 0 Å². The Morgan fingerprint density at radius 2 is 1.74 bits per heavy atom. The smallest absolute Gasteiger partial charge is 0.0411 e. The molecule has 2 fully saturated rings. The van der Waals surface area contributed by atoms with Crippen molar-refractivity contribution >= 4 is 11.8 Å². The summed E-state index contributed by atoms with van der Waals surface area (Å²) in [5, 5.41) is 0. The van der Waals surface area contributed by atoms with Gasteiger partial charge in [0, 0.05) is 31.4 Å². The van der Waals surface area contributed by atoms with Gasteiger partial charge >= 0.3 is 0 Å². The summed E-state index contributed by atoms with van der Waals surface area (Å²) in [6.45, 7) is 11.0. The van der Waals surface area contributed by atoms with Crippen LogP contribution in [-0.4, -0.2) is 30.6 Å². The van der Waals surface area contributed by atoms with Crippen LogP contribution in [0.4, 0.5) is 5.69 Å². The third-order valence-electron chi connectivity index (χ3n) is 7.39. The summed E-state index contributed by atoms with van der Waals surface area (Å²) in [7, 11) is 0. The van der Waals surface area contributed by atoms with Gasteiger partial charge in [-0.3, -0.25) is 4.90 Å². The molecule has 0 bridgehead atoms. The predicted octanol–water partition coefficient (Wildman–Crippen LogP) is 6.87. The van der Waals surface area contributed by atoms with E-state index in [1.807, 2.05) is 6.08 Å². The highest BCUT2D eigenvalue weighted by atomic mass is 15.2. The van der Waals surface area contributed by atoms with E-state index in [0.29, 0.717) is 6.04 Å². The molecule has 31 heavy (non-hydrogen) atoms. The molecule has 1 atom stereocenters. The Morgan fingerprint density at radius 1 is 0.935 bits per heavy atom. The second-order valence-electron chi connectivity index (χ2n) is 9.43. The van der Waals surface area contributed by atoms with Crippen molar-refractivity contribution in [3.63, 3.8) is 0 Å². The highest BCUT2D eigenvalue weighted by molar-refractivity contribution is 5.54. The third kappa shape index (κ3) is 5.60. The first-order valence-electron chi connectivity index (χ1n) is 12.6. The average Bonchev–Trinajstić information content (AvgIpc) is 2.84. The van der Waals surface area contributed by atoms with Gasteiger partial charge in [0.1, 0.15) is 0 Å². The van der Waals surface area contributed by atoms with Crippen LogP contribution in [0.2, 0.25) is 0 Å². The SMILES string of the molecule is C=Cc1ccc(CCC2CCCCN2Cc2ccccc2N2CCCCC2)cc1CC. The Balaban J connectivity index is 1.43. The number of piperidine rings is 2. The molecule has 2 aliphatic heterocycles. The lowest BCUT2D eigenvalue weighted by Gasteiger charge is -2.37. The summed E-state index contributed by atoms with van der Waals surface area (Å²) >= 11 is 0. The largest absolute Gasteiger partial charge is 0.371 e. The quantitative estimate of drug-likeness (QED) is 0.463. The summed E-state index contributed by atoms with van der Waals surface area (Å²) in [5.41, 5.74) is 7.23. The van der Waals surface area contributed by atoms with E-state index in [1.54, 1.807) is 0 Å². The Hall–Kier alpha value is -2.06. The van der Waals surface area contributed by atoms with E-state index < -0.39 is 0 Å². The normalized spacial score (nSPS) is 20.0. The minimum atomic E-state index is 0.701. The maximum atomic E-state index is 3.97. The number of para-hydroxylation sites is 1. The van der Waals surface area contributed by atoms with Crippen molar-refractivity contribution in [2.24, 2.45) is 0 Å². The molecule has 4 rings (SSSR count). The number of benzene rings is 2. The zero-order valence-electron chi connectivity index (χ0n) is 19.5. The highest BCUT2D eigenvalue weighted by Gasteiger charge is 2.24. The van der Waals surface area contributed by atoms with Gasteiger partial charge < -0.3 is 4.90 Å². The molecule has 2 aliphatic rings.